The second-order valence-corrected chi connectivity index (χ2v) is 11.2. The third-order valence-electron chi connectivity index (χ3n) is 3.19. The van der Waals surface area contributed by atoms with E-state index in [0.717, 1.165) is 12.8 Å². The molecule has 0 saturated carbocycles. The maximum Gasteiger partial charge on any atom is 0.201 e. The van der Waals surface area contributed by atoms with Gasteiger partial charge in [-0.25, -0.2) is 0 Å². The van der Waals surface area contributed by atoms with Crippen LogP contribution in [0.3, 0.4) is 0 Å². The van der Waals surface area contributed by atoms with Gasteiger partial charge in [-0.2, -0.15) is 0 Å². The SMILES string of the molecule is CC(C)CC(C)(C)CP(=O)(O)CC(C)CC(C)(C)C. The van der Waals surface area contributed by atoms with Crippen molar-refractivity contribution < 1.29 is 9.46 Å². The first-order chi connectivity index (χ1) is 8.22. The Balaban J connectivity index is 4.51. The van der Waals surface area contributed by atoms with Crippen molar-refractivity contribution in [2.75, 3.05) is 12.3 Å². The second-order valence-electron chi connectivity index (χ2n) is 8.82. The van der Waals surface area contributed by atoms with Crippen LogP contribution in [0.2, 0.25) is 0 Å². The standard InChI is InChI=1S/C16H35O2P/c1-13(2)9-16(7,8)12-19(17,18)11-14(3)10-15(4,5)6/h13-14H,9-12H2,1-8H3,(H,17,18). The Bertz CT molecular complexity index is 313. The van der Waals surface area contributed by atoms with Crippen molar-refractivity contribution in [3.8, 4) is 0 Å². The molecule has 3 heteroatoms. The maximum absolute atomic E-state index is 12.5. The average Bonchev–Trinajstić information content (AvgIpc) is 1.89. The Hall–Kier alpha value is 0.190. The molecule has 0 aromatic rings. The van der Waals surface area contributed by atoms with Crippen LogP contribution >= 0.6 is 7.37 Å². The monoisotopic (exact) mass is 290 g/mol. The summed E-state index contributed by atoms with van der Waals surface area (Å²) in [5.41, 5.74) is 0.187. The molecule has 0 heterocycles. The summed E-state index contributed by atoms with van der Waals surface area (Å²) in [6, 6.07) is 0. The molecule has 116 valence electrons. The first-order valence-corrected chi connectivity index (χ1v) is 9.56. The van der Waals surface area contributed by atoms with Crippen molar-refractivity contribution in [2.45, 2.75) is 68.2 Å². The van der Waals surface area contributed by atoms with Gasteiger partial charge in [-0.3, -0.25) is 4.57 Å². The highest BCUT2D eigenvalue weighted by atomic mass is 31.2. The van der Waals surface area contributed by atoms with Crippen LogP contribution in [0.5, 0.6) is 0 Å². The molecule has 0 bridgehead atoms. The Morgan fingerprint density at radius 3 is 1.84 bits per heavy atom. The van der Waals surface area contributed by atoms with Crippen LogP contribution < -0.4 is 0 Å². The highest BCUT2D eigenvalue weighted by Crippen LogP contribution is 2.50. The van der Waals surface area contributed by atoms with Gasteiger partial charge in [0.05, 0.1) is 0 Å². The summed E-state index contributed by atoms with van der Waals surface area (Å²) in [4.78, 5) is 10.3. The van der Waals surface area contributed by atoms with Crippen LogP contribution in [0.25, 0.3) is 0 Å². The van der Waals surface area contributed by atoms with E-state index in [1.54, 1.807) is 0 Å². The zero-order valence-electron chi connectivity index (χ0n) is 14.3. The lowest BCUT2D eigenvalue weighted by molar-refractivity contribution is 0.301. The lowest BCUT2D eigenvalue weighted by Gasteiger charge is -2.31. The summed E-state index contributed by atoms with van der Waals surface area (Å²) < 4.78 is 12.5. The summed E-state index contributed by atoms with van der Waals surface area (Å²) >= 11 is 0. The highest BCUT2D eigenvalue weighted by molar-refractivity contribution is 7.58. The molecule has 0 aliphatic rings. The molecule has 0 rings (SSSR count). The van der Waals surface area contributed by atoms with Gasteiger partial charge in [-0.1, -0.05) is 55.4 Å². The van der Waals surface area contributed by atoms with Gasteiger partial charge in [0.15, 0.2) is 0 Å². The molecule has 2 unspecified atom stereocenters. The summed E-state index contributed by atoms with van der Waals surface area (Å²) in [6.07, 6.45) is 2.92. The molecule has 0 spiro atoms. The van der Waals surface area contributed by atoms with Crippen molar-refractivity contribution in [3.05, 3.63) is 0 Å². The van der Waals surface area contributed by atoms with Gasteiger partial charge in [-0.15, -0.1) is 0 Å². The minimum atomic E-state index is -3.01. The second kappa shape index (κ2) is 6.76. The van der Waals surface area contributed by atoms with Gasteiger partial charge < -0.3 is 4.89 Å². The van der Waals surface area contributed by atoms with Gasteiger partial charge in [0.2, 0.25) is 7.37 Å². The van der Waals surface area contributed by atoms with Crippen LogP contribution in [0.15, 0.2) is 0 Å². The Morgan fingerprint density at radius 1 is 1.00 bits per heavy atom. The van der Waals surface area contributed by atoms with E-state index in [4.69, 9.17) is 0 Å². The highest BCUT2D eigenvalue weighted by Gasteiger charge is 2.32. The molecule has 1 N–H and O–H groups in total. The third kappa shape index (κ3) is 10.6. The summed E-state index contributed by atoms with van der Waals surface area (Å²) in [5, 5.41) is 0. The Morgan fingerprint density at radius 2 is 1.47 bits per heavy atom. The summed E-state index contributed by atoms with van der Waals surface area (Å²) in [7, 11) is -3.01. The molecule has 0 fully saturated rings. The predicted octanol–water partition coefficient (Wildman–Crippen LogP) is 5.40. The minimum absolute atomic E-state index is 0.0418. The van der Waals surface area contributed by atoms with Crippen molar-refractivity contribution in [1.82, 2.24) is 0 Å². The maximum atomic E-state index is 12.5. The van der Waals surface area contributed by atoms with Crippen LogP contribution in [0.1, 0.15) is 68.2 Å². The molecule has 19 heavy (non-hydrogen) atoms. The zero-order chi connectivity index (χ0) is 15.5. The molecule has 0 saturated heterocycles. The van der Waals surface area contributed by atoms with Crippen molar-refractivity contribution in [2.24, 2.45) is 22.7 Å². The van der Waals surface area contributed by atoms with E-state index in [0.29, 0.717) is 24.2 Å². The molecular weight excluding hydrogens is 255 g/mol. The fraction of sp³-hybridized carbons (Fsp3) is 1.00. The third-order valence-corrected chi connectivity index (χ3v) is 5.74. The number of hydrogen-bond donors (Lipinski definition) is 1. The van der Waals surface area contributed by atoms with Crippen LogP contribution in [0, 0.1) is 22.7 Å². The fourth-order valence-electron chi connectivity index (χ4n) is 3.50. The van der Waals surface area contributed by atoms with Gasteiger partial charge >= 0.3 is 0 Å². The van der Waals surface area contributed by atoms with E-state index in [1.807, 2.05) is 0 Å². The summed E-state index contributed by atoms with van der Waals surface area (Å²) in [5.74, 6) is 0.882. The van der Waals surface area contributed by atoms with Gasteiger partial charge in [-0.05, 0) is 35.5 Å². The topological polar surface area (TPSA) is 37.3 Å². The van der Waals surface area contributed by atoms with E-state index < -0.39 is 7.37 Å². The molecule has 0 aliphatic heterocycles. The molecule has 0 radical (unpaired) electrons. The number of hydrogen-bond acceptors (Lipinski definition) is 1. The van der Waals surface area contributed by atoms with Gasteiger partial charge in [0.25, 0.3) is 0 Å². The van der Waals surface area contributed by atoms with E-state index in [1.165, 1.54) is 0 Å². The van der Waals surface area contributed by atoms with Crippen molar-refractivity contribution in [1.29, 1.82) is 0 Å². The lowest BCUT2D eigenvalue weighted by Crippen LogP contribution is -2.22. The first kappa shape index (κ1) is 19.2. The van der Waals surface area contributed by atoms with Gasteiger partial charge in [0, 0.05) is 12.3 Å². The van der Waals surface area contributed by atoms with Crippen LogP contribution in [0.4, 0.5) is 0 Å². The Labute approximate surface area is 120 Å². The zero-order valence-corrected chi connectivity index (χ0v) is 15.2. The minimum Gasteiger partial charge on any atom is -0.344 e. The van der Waals surface area contributed by atoms with Crippen molar-refractivity contribution in [3.63, 3.8) is 0 Å². The van der Waals surface area contributed by atoms with Crippen molar-refractivity contribution >= 4 is 7.37 Å². The van der Waals surface area contributed by atoms with E-state index in [2.05, 4.69) is 55.4 Å². The molecular formula is C16H35O2P. The molecule has 0 amide bonds. The summed E-state index contributed by atoms with van der Waals surface area (Å²) in [6.45, 7) is 17.2. The van der Waals surface area contributed by atoms with E-state index in [9.17, 15) is 9.46 Å². The fourth-order valence-corrected chi connectivity index (χ4v) is 6.20. The average molecular weight is 290 g/mol. The van der Waals surface area contributed by atoms with E-state index in [-0.39, 0.29) is 10.8 Å². The lowest BCUT2D eigenvalue weighted by atomic mass is 9.86. The largest absolute Gasteiger partial charge is 0.344 e. The molecule has 0 aliphatic carbocycles. The Kier molecular flexibility index (Phi) is 6.83. The normalized spacial score (nSPS) is 18.4. The molecule has 2 atom stereocenters. The molecule has 0 aromatic heterocycles. The van der Waals surface area contributed by atoms with Crippen LogP contribution in [-0.2, 0) is 4.57 Å². The predicted molar refractivity (Wildman–Crippen MR) is 86.0 cm³/mol. The number of rotatable bonds is 7. The van der Waals surface area contributed by atoms with Gasteiger partial charge in [0.1, 0.15) is 0 Å². The molecule has 2 nitrogen and oxygen atoms in total. The first-order valence-electron chi connectivity index (χ1n) is 7.53. The smallest absolute Gasteiger partial charge is 0.201 e. The van der Waals surface area contributed by atoms with E-state index >= 15 is 0 Å². The molecule has 0 aromatic carbocycles. The quantitative estimate of drug-likeness (QED) is 0.637. The van der Waals surface area contributed by atoms with Crippen LogP contribution in [-0.4, -0.2) is 17.2 Å².